The van der Waals surface area contributed by atoms with Crippen LogP contribution in [-0.4, -0.2) is 4.98 Å². The Bertz CT molecular complexity index is 531. The van der Waals surface area contributed by atoms with Gasteiger partial charge >= 0.3 is 0 Å². The average molecular weight is 313 g/mol. The highest BCUT2D eigenvalue weighted by atomic mass is 79.9. The predicted molar refractivity (Wildman–Crippen MR) is 72.5 cm³/mol. The average Bonchev–Trinajstić information content (AvgIpc) is 2.30. The zero-order valence-corrected chi connectivity index (χ0v) is 11.6. The van der Waals surface area contributed by atoms with Crippen molar-refractivity contribution in [3.8, 4) is 5.75 Å². The third-order valence-corrected chi connectivity index (χ3v) is 3.00. The van der Waals surface area contributed by atoms with E-state index in [2.05, 4.69) is 20.9 Å². The van der Waals surface area contributed by atoms with E-state index >= 15 is 0 Å². The molecule has 2 aromatic rings. The van der Waals surface area contributed by atoms with Gasteiger partial charge < -0.3 is 4.74 Å². The van der Waals surface area contributed by atoms with E-state index in [0.717, 1.165) is 21.3 Å². The van der Waals surface area contributed by atoms with Gasteiger partial charge in [0.2, 0.25) is 0 Å². The van der Waals surface area contributed by atoms with Crippen molar-refractivity contribution in [2.24, 2.45) is 0 Å². The Morgan fingerprint density at radius 2 is 2.18 bits per heavy atom. The third kappa shape index (κ3) is 3.45. The van der Waals surface area contributed by atoms with E-state index in [1.165, 1.54) is 0 Å². The Balaban J connectivity index is 2.09. The molecule has 4 heteroatoms. The molecule has 1 aromatic heterocycles. The highest BCUT2D eigenvalue weighted by Crippen LogP contribution is 2.22. The summed E-state index contributed by atoms with van der Waals surface area (Å²) in [7, 11) is 0. The highest BCUT2D eigenvalue weighted by molar-refractivity contribution is 9.10. The number of pyridine rings is 1. The summed E-state index contributed by atoms with van der Waals surface area (Å²) in [6, 6.07) is 9.74. The molecule has 0 unspecified atom stereocenters. The molecule has 0 spiro atoms. The van der Waals surface area contributed by atoms with Gasteiger partial charge in [-0.15, -0.1) is 0 Å². The molecule has 1 heterocycles. The summed E-state index contributed by atoms with van der Waals surface area (Å²) >= 11 is 9.25. The zero-order chi connectivity index (χ0) is 12.3. The normalized spacial score (nSPS) is 10.3. The van der Waals surface area contributed by atoms with E-state index in [-0.39, 0.29) is 0 Å². The van der Waals surface area contributed by atoms with Gasteiger partial charge in [0, 0.05) is 22.3 Å². The molecule has 0 radical (unpaired) electrons. The van der Waals surface area contributed by atoms with Crippen LogP contribution in [0.1, 0.15) is 11.1 Å². The fourth-order valence-electron chi connectivity index (χ4n) is 1.42. The molecular formula is C13H11BrClNO. The number of rotatable bonds is 3. The van der Waals surface area contributed by atoms with Crippen molar-refractivity contribution < 1.29 is 4.74 Å². The Labute approximate surface area is 114 Å². The summed E-state index contributed by atoms with van der Waals surface area (Å²) in [6.07, 6.45) is 1.71. The Morgan fingerprint density at radius 3 is 2.94 bits per heavy atom. The number of aryl methyl sites for hydroxylation is 1. The first-order valence-electron chi connectivity index (χ1n) is 5.14. The fraction of sp³-hybridized carbons (Fsp3) is 0.154. The number of halogens is 2. The van der Waals surface area contributed by atoms with Gasteiger partial charge in [-0.25, -0.2) is 4.98 Å². The Kier molecular flexibility index (Phi) is 4.02. The first-order chi connectivity index (χ1) is 8.15. The maximum atomic E-state index is 5.83. The van der Waals surface area contributed by atoms with Crippen molar-refractivity contribution in [1.82, 2.24) is 4.98 Å². The van der Waals surface area contributed by atoms with Crippen LogP contribution in [0, 0.1) is 6.92 Å². The largest absolute Gasteiger partial charge is 0.488 e. The van der Waals surface area contributed by atoms with Crippen LogP contribution in [-0.2, 0) is 6.61 Å². The first-order valence-corrected chi connectivity index (χ1v) is 6.31. The molecular weight excluding hydrogens is 302 g/mol. The lowest BCUT2D eigenvalue weighted by Crippen LogP contribution is -1.97. The van der Waals surface area contributed by atoms with Crippen LogP contribution in [0.4, 0.5) is 0 Å². The Hall–Kier alpha value is -1.06. The van der Waals surface area contributed by atoms with Gasteiger partial charge in [0.15, 0.2) is 0 Å². The number of ether oxygens (including phenoxy) is 1. The summed E-state index contributed by atoms with van der Waals surface area (Å²) in [5.41, 5.74) is 2.08. The summed E-state index contributed by atoms with van der Waals surface area (Å²) in [5, 5.41) is 0.444. The van der Waals surface area contributed by atoms with Gasteiger partial charge in [0.05, 0.1) is 0 Å². The van der Waals surface area contributed by atoms with E-state index in [0.29, 0.717) is 11.8 Å². The van der Waals surface area contributed by atoms with Gasteiger partial charge in [0.1, 0.15) is 17.5 Å². The minimum absolute atomic E-state index is 0.444. The molecule has 0 amide bonds. The van der Waals surface area contributed by atoms with Crippen molar-refractivity contribution in [2.45, 2.75) is 13.5 Å². The lowest BCUT2D eigenvalue weighted by molar-refractivity contribution is 0.303. The molecule has 0 N–H and O–H groups in total. The van der Waals surface area contributed by atoms with Gasteiger partial charge in [-0.05, 0) is 24.6 Å². The molecule has 2 rings (SSSR count). The third-order valence-electron chi connectivity index (χ3n) is 2.30. The molecule has 0 atom stereocenters. The molecule has 0 aliphatic carbocycles. The van der Waals surface area contributed by atoms with E-state index in [1.54, 1.807) is 12.3 Å². The molecule has 0 fully saturated rings. The number of nitrogens with zero attached hydrogens (tertiary/aromatic N) is 1. The topological polar surface area (TPSA) is 22.1 Å². The van der Waals surface area contributed by atoms with Crippen LogP contribution in [0.3, 0.4) is 0 Å². The molecule has 0 saturated carbocycles. The van der Waals surface area contributed by atoms with Crippen molar-refractivity contribution >= 4 is 27.5 Å². The molecule has 0 aliphatic rings. The highest BCUT2D eigenvalue weighted by Gasteiger charge is 2.02. The van der Waals surface area contributed by atoms with Crippen molar-refractivity contribution in [2.75, 3.05) is 0 Å². The van der Waals surface area contributed by atoms with E-state index < -0.39 is 0 Å². The maximum Gasteiger partial charge on any atom is 0.132 e. The minimum Gasteiger partial charge on any atom is -0.488 e. The summed E-state index contributed by atoms with van der Waals surface area (Å²) in [6.45, 7) is 2.46. The zero-order valence-electron chi connectivity index (χ0n) is 9.28. The molecule has 0 saturated heterocycles. The van der Waals surface area contributed by atoms with Crippen LogP contribution in [0.2, 0.25) is 5.15 Å². The fourth-order valence-corrected chi connectivity index (χ4v) is 2.02. The van der Waals surface area contributed by atoms with Crippen LogP contribution in [0.25, 0.3) is 0 Å². The predicted octanol–water partition coefficient (Wildman–Crippen LogP) is 4.38. The van der Waals surface area contributed by atoms with Crippen LogP contribution in [0.15, 0.2) is 41.0 Å². The number of hydrogen-bond acceptors (Lipinski definition) is 2. The molecule has 0 aliphatic heterocycles. The van der Waals surface area contributed by atoms with Gasteiger partial charge in [-0.3, -0.25) is 0 Å². The number of benzene rings is 1. The molecule has 17 heavy (non-hydrogen) atoms. The summed E-state index contributed by atoms with van der Waals surface area (Å²) < 4.78 is 6.76. The maximum absolute atomic E-state index is 5.83. The number of aromatic nitrogens is 1. The lowest BCUT2D eigenvalue weighted by Gasteiger charge is -2.09. The van der Waals surface area contributed by atoms with E-state index in [4.69, 9.17) is 16.3 Å². The molecule has 1 aromatic carbocycles. The van der Waals surface area contributed by atoms with Gasteiger partial charge in [-0.2, -0.15) is 0 Å². The molecule has 88 valence electrons. The quantitative estimate of drug-likeness (QED) is 0.784. The van der Waals surface area contributed by atoms with Gasteiger partial charge in [0.25, 0.3) is 0 Å². The smallest absolute Gasteiger partial charge is 0.132 e. The second-order valence-electron chi connectivity index (χ2n) is 3.69. The minimum atomic E-state index is 0.444. The molecule has 0 bridgehead atoms. The van der Waals surface area contributed by atoms with Crippen molar-refractivity contribution in [3.05, 3.63) is 57.3 Å². The van der Waals surface area contributed by atoms with Gasteiger partial charge in [-0.1, -0.05) is 39.7 Å². The number of hydrogen-bond donors (Lipinski definition) is 0. The van der Waals surface area contributed by atoms with Crippen LogP contribution in [0.5, 0.6) is 5.75 Å². The monoisotopic (exact) mass is 311 g/mol. The second kappa shape index (κ2) is 5.52. The van der Waals surface area contributed by atoms with Crippen molar-refractivity contribution in [1.29, 1.82) is 0 Å². The second-order valence-corrected chi connectivity index (χ2v) is 4.99. The van der Waals surface area contributed by atoms with E-state index in [9.17, 15) is 0 Å². The Morgan fingerprint density at radius 1 is 1.35 bits per heavy atom. The van der Waals surface area contributed by atoms with Crippen LogP contribution < -0.4 is 4.74 Å². The van der Waals surface area contributed by atoms with Crippen LogP contribution >= 0.6 is 27.5 Å². The molecule has 2 nitrogen and oxygen atoms in total. The van der Waals surface area contributed by atoms with Crippen molar-refractivity contribution in [3.63, 3.8) is 0 Å². The SMILES string of the molecule is Cc1cnc(Cl)cc1OCc1cccc(Br)c1. The van der Waals surface area contributed by atoms with E-state index in [1.807, 2.05) is 31.2 Å². The summed E-state index contributed by atoms with van der Waals surface area (Å²) in [5.74, 6) is 0.768. The summed E-state index contributed by atoms with van der Waals surface area (Å²) in [4.78, 5) is 3.99. The standard InChI is InChI=1S/C13H11BrClNO/c1-9-7-16-13(15)6-12(9)17-8-10-3-2-4-11(14)5-10/h2-7H,8H2,1H3. The lowest BCUT2D eigenvalue weighted by atomic mass is 10.2. The first kappa shape index (κ1) is 12.4.